The molecule has 2 rings (SSSR count). The molecule has 0 radical (unpaired) electrons. The highest BCUT2D eigenvalue weighted by Crippen LogP contribution is 2.18. The van der Waals surface area contributed by atoms with Crippen LogP contribution in [0, 0.1) is 6.92 Å². The van der Waals surface area contributed by atoms with Gasteiger partial charge in [0.25, 0.3) is 0 Å². The minimum atomic E-state index is -0.261. The number of carbonyl (C=O) groups excluding carboxylic acids is 2. The fourth-order valence-corrected chi connectivity index (χ4v) is 2.52. The molecule has 1 aliphatic rings. The molecule has 0 saturated carbocycles. The number of piperidine rings is 1. The van der Waals surface area contributed by atoms with Crippen LogP contribution in [0.5, 0.6) is 0 Å². The molecule has 1 N–H and O–H groups in total. The van der Waals surface area contributed by atoms with E-state index in [2.05, 4.69) is 21.2 Å². The summed E-state index contributed by atoms with van der Waals surface area (Å²) < 4.78 is 1.06. The third-order valence-corrected chi connectivity index (χ3v) is 4.29. The molecule has 0 spiro atoms. The zero-order valence-electron chi connectivity index (χ0n) is 11.1. The van der Waals surface area contributed by atoms with Crippen molar-refractivity contribution in [1.29, 1.82) is 0 Å². The number of amides is 2. The molecule has 1 saturated heterocycles. The summed E-state index contributed by atoms with van der Waals surface area (Å²) >= 11 is 3.49. The number of rotatable bonds is 3. The Hall–Kier alpha value is -1.20. The maximum absolute atomic E-state index is 11.9. The van der Waals surface area contributed by atoms with E-state index in [-0.39, 0.29) is 17.9 Å². The van der Waals surface area contributed by atoms with Gasteiger partial charge in [0.2, 0.25) is 11.8 Å². The molecular weight excluding hydrogens is 308 g/mol. The van der Waals surface area contributed by atoms with Crippen LogP contribution in [0.4, 0.5) is 0 Å². The van der Waals surface area contributed by atoms with Gasteiger partial charge in [0, 0.05) is 24.5 Å². The lowest BCUT2D eigenvalue weighted by molar-refractivity contribution is -0.148. The molecule has 1 atom stereocenters. The van der Waals surface area contributed by atoms with Crippen LogP contribution in [0.25, 0.3) is 0 Å². The lowest BCUT2D eigenvalue weighted by Gasteiger charge is -2.28. The van der Waals surface area contributed by atoms with E-state index in [0.717, 1.165) is 10.0 Å². The highest BCUT2D eigenvalue weighted by Gasteiger charge is 2.31. The second-order valence-electron chi connectivity index (χ2n) is 4.85. The topological polar surface area (TPSA) is 49.4 Å². The Morgan fingerprint density at radius 2 is 2.16 bits per heavy atom. The summed E-state index contributed by atoms with van der Waals surface area (Å²) in [6, 6.07) is 5.86. The Balaban J connectivity index is 1.97. The van der Waals surface area contributed by atoms with Crippen LogP contribution in [0.15, 0.2) is 22.7 Å². The summed E-state index contributed by atoms with van der Waals surface area (Å²) in [6.45, 7) is 2.66. The number of likely N-dealkylation sites (N-methyl/N-ethyl adjacent to an activating group) is 1. The van der Waals surface area contributed by atoms with Crippen molar-refractivity contribution in [3.63, 3.8) is 0 Å². The SMILES string of the molecule is Cc1ccc(CNC2CCC(=O)N(C)C2=O)cc1Br. The van der Waals surface area contributed by atoms with Gasteiger partial charge >= 0.3 is 0 Å². The first-order valence-corrected chi connectivity index (χ1v) is 7.07. The first-order chi connectivity index (χ1) is 8.99. The zero-order chi connectivity index (χ0) is 14.0. The maximum atomic E-state index is 11.9. The number of hydrogen-bond donors (Lipinski definition) is 1. The van der Waals surface area contributed by atoms with Gasteiger partial charge in [0.05, 0.1) is 6.04 Å². The number of likely N-dealkylation sites (tertiary alicyclic amines) is 1. The van der Waals surface area contributed by atoms with E-state index < -0.39 is 0 Å². The van der Waals surface area contributed by atoms with Crippen molar-refractivity contribution >= 4 is 27.7 Å². The average Bonchev–Trinajstić information content (AvgIpc) is 2.39. The lowest BCUT2D eigenvalue weighted by Crippen LogP contribution is -2.51. The van der Waals surface area contributed by atoms with Crippen molar-refractivity contribution in [3.8, 4) is 0 Å². The second-order valence-corrected chi connectivity index (χ2v) is 5.70. The van der Waals surface area contributed by atoms with Crippen LogP contribution in [-0.2, 0) is 16.1 Å². The second kappa shape index (κ2) is 5.84. The number of halogens is 1. The molecule has 1 heterocycles. The van der Waals surface area contributed by atoms with E-state index in [1.807, 2.05) is 25.1 Å². The predicted molar refractivity (Wildman–Crippen MR) is 76.5 cm³/mol. The van der Waals surface area contributed by atoms with E-state index in [9.17, 15) is 9.59 Å². The Bertz CT molecular complexity index is 516. The standard InChI is InChI=1S/C14H17BrN2O2/c1-9-3-4-10(7-11(9)15)8-16-12-5-6-13(18)17(2)14(12)19/h3-4,7,12,16H,5-6,8H2,1-2H3. The number of carbonyl (C=O) groups is 2. The fourth-order valence-electron chi connectivity index (χ4n) is 2.09. The molecule has 2 amide bonds. The molecule has 0 bridgehead atoms. The number of hydrogen-bond acceptors (Lipinski definition) is 3. The van der Waals surface area contributed by atoms with Crippen molar-refractivity contribution in [2.45, 2.75) is 32.4 Å². The van der Waals surface area contributed by atoms with Crippen molar-refractivity contribution in [2.24, 2.45) is 0 Å². The van der Waals surface area contributed by atoms with Gasteiger partial charge in [-0.1, -0.05) is 28.1 Å². The minimum Gasteiger partial charge on any atom is -0.302 e. The molecule has 19 heavy (non-hydrogen) atoms. The van der Waals surface area contributed by atoms with E-state index in [4.69, 9.17) is 0 Å². The number of nitrogens with zero attached hydrogens (tertiary/aromatic N) is 1. The van der Waals surface area contributed by atoms with Crippen LogP contribution in [0.1, 0.15) is 24.0 Å². The molecule has 1 unspecified atom stereocenters. The normalized spacial score (nSPS) is 19.9. The summed E-state index contributed by atoms with van der Waals surface area (Å²) in [7, 11) is 1.54. The highest BCUT2D eigenvalue weighted by molar-refractivity contribution is 9.10. The average molecular weight is 325 g/mol. The van der Waals surface area contributed by atoms with Crippen LogP contribution in [0.3, 0.4) is 0 Å². The number of imide groups is 1. The quantitative estimate of drug-likeness (QED) is 0.865. The van der Waals surface area contributed by atoms with E-state index >= 15 is 0 Å². The van der Waals surface area contributed by atoms with Gasteiger partial charge in [0.15, 0.2) is 0 Å². The van der Waals surface area contributed by atoms with E-state index in [1.165, 1.54) is 10.5 Å². The third-order valence-electron chi connectivity index (χ3n) is 3.44. The first-order valence-electron chi connectivity index (χ1n) is 6.28. The van der Waals surface area contributed by atoms with Crippen LogP contribution in [0.2, 0.25) is 0 Å². The van der Waals surface area contributed by atoms with Crippen molar-refractivity contribution in [2.75, 3.05) is 7.05 Å². The van der Waals surface area contributed by atoms with Crippen LogP contribution in [-0.4, -0.2) is 29.8 Å². The third kappa shape index (κ3) is 3.22. The zero-order valence-corrected chi connectivity index (χ0v) is 12.7. The lowest BCUT2D eigenvalue weighted by atomic mass is 10.0. The van der Waals surface area contributed by atoms with Crippen LogP contribution < -0.4 is 5.32 Å². The Morgan fingerprint density at radius 1 is 1.42 bits per heavy atom. The summed E-state index contributed by atoms with van der Waals surface area (Å²) in [4.78, 5) is 24.5. The molecule has 0 aromatic heterocycles. The van der Waals surface area contributed by atoms with Crippen molar-refractivity contribution < 1.29 is 9.59 Å². The van der Waals surface area contributed by atoms with Crippen molar-refractivity contribution in [1.82, 2.24) is 10.2 Å². The van der Waals surface area contributed by atoms with Gasteiger partial charge in [0.1, 0.15) is 0 Å². The van der Waals surface area contributed by atoms with Crippen molar-refractivity contribution in [3.05, 3.63) is 33.8 Å². The van der Waals surface area contributed by atoms with Gasteiger partial charge in [-0.05, 0) is 30.5 Å². The maximum Gasteiger partial charge on any atom is 0.246 e. The van der Waals surface area contributed by atoms with E-state index in [0.29, 0.717) is 19.4 Å². The summed E-state index contributed by atoms with van der Waals surface area (Å²) in [5, 5.41) is 3.22. The Morgan fingerprint density at radius 3 is 2.84 bits per heavy atom. The largest absolute Gasteiger partial charge is 0.302 e. The van der Waals surface area contributed by atoms with Gasteiger partial charge < -0.3 is 5.32 Å². The molecule has 4 nitrogen and oxygen atoms in total. The Kier molecular flexibility index (Phi) is 4.37. The van der Waals surface area contributed by atoms with Crippen LogP contribution >= 0.6 is 15.9 Å². The fraction of sp³-hybridized carbons (Fsp3) is 0.429. The molecule has 5 heteroatoms. The molecule has 1 aliphatic heterocycles. The smallest absolute Gasteiger partial charge is 0.246 e. The molecule has 1 aromatic rings. The summed E-state index contributed by atoms with van der Waals surface area (Å²) in [5.74, 6) is -0.233. The first kappa shape index (κ1) is 14.2. The van der Waals surface area contributed by atoms with Gasteiger partial charge in [-0.25, -0.2) is 0 Å². The molecule has 102 valence electrons. The van der Waals surface area contributed by atoms with E-state index in [1.54, 1.807) is 7.05 Å². The Labute approximate surface area is 121 Å². The monoisotopic (exact) mass is 324 g/mol. The molecule has 1 aromatic carbocycles. The highest BCUT2D eigenvalue weighted by atomic mass is 79.9. The minimum absolute atomic E-state index is 0.0962. The summed E-state index contributed by atoms with van der Waals surface area (Å²) in [6.07, 6.45) is 1.01. The molecular formula is C14H17BrN2O2. The van der Waals surface area contributed by atoms with Gasteiger partial charge in [-0.15, -0.1) is 0 Å². The molecule has 1 fully saturated rings. The van der Waals surface area contributed by atoms with Gasteiger partial charge in [-0.3, -0.25) is 14.5 Å². The number of aryl methyl sites for hydroxylation is 1. The predicted octanol–water partition coefficient (Wildman–Crippen LogP) is 1.99. The molecule has 0 aliphatic carbocycles. The number of benzene rings is 1. The summed E-state index contributed by atoms with van der Waals surface area (Å²) in [5.41, 5.74) is 2.30. The number of nitrogens with one attached hydrogen (secondary N) is 1. The van der Waals surface area contributed by atoms with Gasteiger partial charge in [-0.2, -0.15) is 0 Å².